The minimum atomic E-state index is -3.32. The van der Waals surface area contributed by atoms with E-state index in [1.807, 2.05) is 25.1 Å². The van der Waals surface area contributed by atoms with Crippen LogP contribution in [0.3, 0.4) is 0 Å². The molecule has 142 valence electrons. The molecule has 2 aromatic rings. The van der Waals surface area contributed by atoms with Crippen LogP contribution < -0.4 is 9.64 Å². The second kappa shape index (κ2) is 7.92. The molecule has 0 bridgehead atoms. The lowest BCUT2D eigenvalue weighted by atomic mass is 10.1. The number of benzene rings is 2. The number of nitrogens with zero attached hydrogens (tertiary/aromatic N) is 1. The number of halogens is 2. The van der Waals surface area contributed by atoms with E-state index in [4.69, 9.17) is 27.9 Å². The van der Waals surface area contributed by atoms with Crippen LogP contribution in [0.15, 0.2) is 53.9 Å². The Balaban J connectivity index is 1.84. The van der Waals surface area contributed by atoms with Crippen molar-refractivity contribution in [3.05, 3.63) is 69.6 Å². The highest BCUT2D eigenvalue weighted by Gasteiger charge is 2.31. The average molecular weight is 426 g/mol. The molecular formula is C19H17Cl2NO4S. The summed E-state index contributed by atoms with van der Waals surface area (Å²) < 4.78 is 29.2. The number of carbonyl (C=O) groups is 1. The van der Waals surface area contributed by atoms with E-state index in [1.165, 1.54) is 17.0 Å². The summed E-state index contributed by atoms with van der Waals surface area (Å²) in [6.45, 7) is 1.61. The highest BCUT2D eigenvalue weighted by atomic mass is 35.5. The third-order valence-electron chi connectivity index (χ3n) is 4.04. The van der Waals surface area contributed by atoms with Crippen LogP contribution in [0.1, 0.15) is 5.56 Å². The lowest BCUT2D eigenvalue weighted by molar-refractivity contribution is -0.120. The Hall–Kier alpha value is -2.02. The highest BCUT2D eigenvalue weighted by Crippen LogP contribution is 2.28. The molecule has 0 aromatic heterocycles. The summed E-state index contributed by atoms with van der Waals surface area (Å²) in [6, 6.07) is 11.4. The smallest absolute Gasteiger partial charge is 0.265 e. The monoisotopic (exact) mass is 425 g/mol. The Labute approximate surface area is 168 Å². The van der Waals surface area contributed by atoms with Crippen molar-refractivity contribution in [2.75, 3.05) is 17.3 Å². The number of hydrogen-bond acceptors (Lipinski definition) is 4. The number of rotatable bonds is 5. The van der Waals surface area contributed by atoms with Crippen LogP contribution in [0, 0.1) is 6.92 Å². The summed E-state index contributed by atoms with van der Waals surface area (Å²) in [7, 11) is -3.32. The molecule has 8 heteroatoms. The van der Waals surface area contributed by atoms with Crippen LogP contribution in [0.5, 0.6) is 5.75 Å². The first-order chi connectivity index (χ1) is 12.7. The summed E-state index contributed by atoms with van der Waals surface area (Å²) in [5, 5.41) is 1.90. The van der Waals surface area contributed by atoms with Crippen molar-refractivity contribution in [1.29, 1.82) is 0 Å². The average Bonchev–Trinajstić information content (AvgIpc) is 2.94. The zero-order chi connectivity index (χ0) is 19.6. The molecule has 0 aliphatic carbocycles. The van der Waals surface area contributed by atoms with Gasteiger partial charge in [0.15, 0.2) is 16.4 Å². The van der Waals surface area contributed by atoms with E-state index in [1.54, 1.807) is 18.2 Å². The number of aryl methyl sites for hydroxylation is 1. The van der Waals surface area contributed by atoms with E-state index in [0.717, 1.165) is 11.0 Å². The van der Waals surface area contributed by atoms with Gasteiger partial charge in [-0.25, -0.2) is 8.42 Å². The van der Waals surface area contributed by atoms with Crippen molar-refractivity contribution >= 4 is 44.6 Å². The molecule has 5 nitrogen and oxygen atoms in total. The predicted octanol–water partition coefficient (Wildman–Crippen LogP) is 4.02. The zero-order valence-corrected chi connectivity index (χ0v) is 16.8. The van der Waals surface area contributed by atoms with Gasteiger partial charge in [0.1, 0.15) is 5.75 Å². The topological polar surface area (TPSA) is 63.7 Å². The molecule has 0 spiro atoms. The van der Waals surface area contributed by atoms with Crippen molar-refractivity contribution in [3.8, 4) is 5.75 Å². The first kappa shape index (κ1) is 19.7. The molecule has 0 N–H and O–H groups in total. The molecule has 1 atom stereocenters. The van der Waals surface area contributed by atoms with Gasteiger partial charge >= 0.3 is 0 Å². The maximum atomic E-state index is 12.9. The van der Waals surface area contributed by atoms with E-state index in [2.05, 4.69) is 0 Å². The maximum Gasteiger partial charge on any atom is 0.265 e. The van der Waals surface area contributed by atoms with Gasteiger partial charge < -0.3 is 9.64 Å². The van der Waals surface area contributed by atoms with Crippen LogP contribution in [0.4, 0.5) is 5.69 Å². The highest BCUT2D eigenvalue weighted by molar-refractivity contribution is 7.94. The number of hydrogen-bond donors (Lipinski definition) is 0. The fraction of sp³-hybridized carbons (Fsp3) is 0.211. The Bertz CT molecular complexity index is 1000. The fourth-order valence-electron chi connectivity index (χ4n) is 2.82. The molecule has 1 aliphatic heterocycles. The quantitative estimate of drug-likeness (QED) is 0.725. The molecule has 2 aromatic carbocycles. The van der Waals surface area contributed by atoms with E-state index >= 15 is 0 Å². The molecular weight excluding hydrogens is 409 g/mol. The van der Waals surface area contributed by atoms with Gasteiger partial charge in [-0.3, -0.25) is 4.79 Å². The lowest BCUT2D eigenvalue weighted by Crippen LogP contribution is -2.43. The molecule has 0 radical (unpaired) electrons. The second-order valence-electron chi connectivity index (χ2n) is 6.19. The molecule has 1 aliphatic rings. The molecule has 1 amide bonds. The van der Waals surface area contributed by atoms with E-state index < -0.39 is 15.9 Å². The molecule has 0 saturated heterocycles. The van der Waals surface area contributed by atoms with Crippen molar-refractivity contribution in [1.82, 2.24) is 0 Å². The largest absolute Gasteiger partial charge is 0.482 e. The van der Waals surface area contributed by atoms with Gasteiger partial charge in [-0.1, -0.05) is 35.3 Å². The summed E-state index contributed by atoms with van der Waals surface area (Å²) in [5.74, 6) is -0.208. The molecule has 1 heterocycles. The van der Waals surface area contributed by atoms with Crippen molar-refractivity contribution in [3.63, 3.8) is 0 Å². The lowest BCUT2D eigenvalue weighted by Gasteiger charge is -2.28. The van der Waals surface area contributed by atoms with E-state index in [0.29, 0.717) is 21.5 Å². The second-order valence-corrected chi connectivity index (χ2v) is 8.97. The van der Waals surface area contributed by atoms with Gasteiger partial charge in [0.2, 0.25) is 0 Å². The fourth-order valence-corrected chi connectivity index (χ4v) is 4.55. The van der Waals surface area contributed by atoms with Gasteiger partial charge in [-0.05, 0) is 48.9 Å². The van der Waals surface area contributed by atoms with E-state index in [-0.39, 0.29) is 18.3 Å². The summed E-state index contributed by atoms with van der Waals surface area (Å²) in [6.07, 6.45) is 1.52. The first-order valence-corrected chi connectivity index (χ1v) is 10.6. The van der Waals surface area contributed by atoms with Crippen molar-refractivity contribution in [2.24, 2.45) is 0 Å². The summed E-state index contributed by atoms with van der Waals surface area (Å²) >= 11 is 11.9. The van der Waals surface area contributed by atoms with Crippen LogP contribution >= 0.6 is 23.2 Å². The van der Waals surface area contributed by atoms with Crippen molar-refractivity contribution < 1.29 is 17.9 Å². The van der Waals surface area contributed by atoms with E-state index in [9.17, 15) is 13.2 Å². The number of carbonyl (C=O) groups excluding carboxylic acids is 1. The normalized spacial score (nSPS) is 17.7. The van der Waals surface area contributed by atoms with Gasteiger partial charge in [-0.2, -0.15) is 0 Å². The maximum absolute atomic E-state index is 12.9. The minimum Gasteiger partial charge on any atom is -0.482 e. The molecule has 0 saturated carbocycles. The first-order valence-electron chi connectivity index (χ1n) is 8.13. The third-order valence-corrected chi connectivity index (χ3v) is 5.94. The summed E-state index contributed by atoms with van der Waals surface area (Å²) in [5.41, 5.74) is 1.56. The van der Waals surface area contributed by atoms with Gasteiger partial charge in [-0.15, -0.1) is 0 Å². The van der Waals surface area contributed by atoms with Crippen LogP contribution in [0.25, 0.3) is 0 Å². The van der Waals surface area contributed by atoms with Crippen molar-refractivity contribution in [2.45, 2.75) is 13.0 Å². The Morgan fingerprint density at radius 3 is 2.63 bits per heavy atom. The molecule has 3 rings (SSSR count). The molecule has 27 heavy (non-hydrogen) atoms. The van der Waals surface area contributed by atoms with Crippen LogP contribution in [0.2, 0.25) is 10.0 Å². The predicted molar refractivity (Wildman–Crippen MR) is 107 cm³/mol. The summed E-state index contributed by atoms with van der Waals surface area (Å²) in [4.78, 5) is 14.3. The Morgan fingerprint density at radius 1 is 1.22 bits per heavy atom. The third kappa shape index (κ3) is 4.83. The van der Waals surface area contributed by atoms with Crippen LogP contribution in [-0.2, 0) is 14.6 Å². The zero-order valence-electron chi connectivity index (χ0n) is 14.4. The standard InChI is InChI=1S/C19H17Cl2NO4S/c1-13-3-2-4-15(9-13)22(16-7-8-27(24,25)12-16)19(23)11-26-18-6-5-14(20)10-17(18)21/h2-10,16H,11-12H2,1H3. The molecule has 1 unspecified atom stereocenters. The van der Waals surface area contributed by atoms with Gasteiger partial charge in [0.05, 0.1) is 16.8 Å². The van der Waals surface area contributed by atoms with Crippen LogP contribution in [-0.4, -0.2) is 32.7 Å². The minimum absolute atomic E-state index is 0.158. The Morgan fingerprint density at radius 2 is 2.00 bits per heavy atom. The number of ether oxygens (including phenoxy) is 1. The Kier molecular flexibility index (Phi) is 5.79. The number of anilines is 1. The van der Waals surface area contributed by atoms with Gasteiger partial charge in [0.25, 0.3) is 5.91 Å². The van der Waals surface area contributed by atoms with Gasteiger partial charge in [0, 0.05) is 16.1 Å². The number of amides is 1. The number of sulfone groups is 1. The SMILES string of the molecule is Cc1cccc(N(C(=O)COc2ccc(Cl)cc2Cl)C2C=CS(=O)(=O)C2)c1. The molecule has 0 fully saturated rings.